The van der Waals surface area contributed by atoms with Crippen LogP contribution in [0.5, 0.6) is 0 Å². The van der Waals surface area contributed by atoms with Gasteiger partial charge in [-0.1, -0.05) is 0 Å². The minimum absolute atomic E-state index is 0.182. The molecule has 1 aromatic rings. The van der Waals surface area contributed by atoms with Crippen LogP contribution >= 0.6 is 0 Å². The fourth-order valence-electron chi connectivity index (χ4n) is 1.08. The Kier molecular flexibility index (Phi) is 3.79. The molecule has 1 unspecified atom stereocenters. The normalized spacial score (nSPS) is 12.8. The van der Waals surface area contributed by atoms with Crippen LogP contribution < -0.4 is 4.57 Å². The number of nitrogens with zero attached hydrogens (tertiary/aromatic N) is 2. The summed E-state index contributed by atoms with van der Waals surface area (Å²) in [6.45, 7) is -0.182. The summed E-state index contributed by atoms with van der Waals surface area (Å²) in [5.41, 5.74) is 0.928. The van der Waals surface area contributed by atoms with Gasteiger partial charge in [0.15, 0.2) is 12.4 Å². The lowest BCUT2D eigenvalue weighted by Gasteiger charge is -2.04. The number of hydrogen-bond donors (Lipinski definition) is 2. The van der Waals surface area contributed by atoms with Crippen LogP contribution in [0.1, 0.15) is 12.1 Å². The lowest BCUT2D eigenvalue weighted by atomic mass is 10.2. The van der Waals surface area contributed by atoms with Crippen molar-refractivity contribution in [3.05, 3.63) is 24.3 Å². The molecule has 0 aliphatic heterocycles. The Morgan fingerprint density at radius 3 is 3.00 bits per heavy atom. The highest BCUT2D eigenvalue weighted by molar-refractivity contribution is 4.90. The first-order chi connectivity index (χ1) is 6.22. The molecule has 0 radical (unpaired) electrons. The number of aryl methyl sites for hydroxylation is 2. The van der Waals surface area contributed by atoms with E-state index in [-0.39, 0.29) is 6.61 Å². The highest BCUT2D eigenvalue weighted by atomic mass is 16.3. The van der Waals surface area contributed by atoms with Crippen molar-refractivity contribution in [1.82, 2.24) is 4.98 Å². The zero-order chi connectivity index (χ0) is 9.68. The van der Waals surface area contributed by atoms with Crippen LogP contribution in [-0.2, 0) is 13.5 Å². The molecule has 1 rings (SSSR count). The fourth-order valence-corrected chi connectivity index (χ4v) is 1.08. The molecule has 4 nitrogen and oxygen atoms in total. The second-order valence-electron chi connectivity index (χ2n) is 3.09. The minimum atomic E-state index is -0.632. The van der Waals surface area contributed by atoms with Crippen molar-refractivity contribution in [3.63, 3.8) is 0 Å². The molecule has 0 aromatic carbocycles. The Morgan fingerprint density at radius 2 is 2.38 bits per heavy atom. The number of aliphatic hydroxyl groups excluding tert-OH is 2. The van der Waals surface area contributed by atoms with E-state index in [0.29, 0.717) is 12.8 Å². The minimum Gasteiger partial charge on any atom is -0.394 e. The van der Waals surface area contributed by atoms with Gasteiger partial charge in [-0.2, -0.15) is 0 Å². The van der Waals surface area contributed by atoms with Gasteiger partial charge in [0.2, 0.25) is 0 Å². The van der Waals surface area contributed by atoms with Gasteiger partial charge >= 0.3 is 0 Å². The Bertz CT molecular complexity index is 266. The highest BCUT2D eigenvalue weighted by Crippen LogP contribution is 1.98. The number of rotatable bonds is 4. The van der Waals surface area contributed by atoms with Crippen LogP contribution in [0.15, 0.2) is 18.6 Å². The molecule has 2 N–H and O–H groups in total. The molecular weight excluding hydrogens is 168 g/mol. The maximum absolute atomic E-state index is 9.10. The number of aromatic nitrogens is 2. The van der Waals surface area contributed by atoms with Gasteiger partial charge in [-0.3, -0.25) is 0 Å². The monoisotopic (exact) mass is 183 g/mol. The van der Waals surface area contributed by atoms with E-state index in [9.17, 15) is 0 Å². The van der Waals surface area contributed by atoms with Crippen LogP contribution in [0.4, 0.5) is 0 Å². The molecule has 0 saturated carbocycles. The lowest BCUT2D eigenvalue weighted by molar-refractivity contribution is -0.672. The molecule has 13 heavy (non-hydrogen) atoms. The molecular formula is C9H15N2O2+. The maximum atomic E-state index is 9.10. The SMILES string of the molecule is C[n+]1ccnc(CCC(O)CO)c1. The van der Waals surface area contributed by atoms with Crippen LogP contribution in [0.2, 0.25) is 0 Å². The van der Waals surface area contributed by atoms with Crippen LogP contribution in [0, 0.1) is 0 Å². The van der Waals surface area contributed by atoms with Crippen molar-refractivity contribution in [3.8, 4) is 0 Å². The summed E-state index contributed by atoms with van der Waals surface area (Å²) in [6, 6.07) is 0. The molecule has 1 atom stereocenters. The van der Waals surface area contributed by atoms with Gasteiger partial charge in [-0.05, 0) is 12.8 Å². The lowest BCUT2D eigenvalue weighted by Crippen LogP contribution is -2.28. The van der Waals surface area contributed by atoms with Crippen molar-refractivity contribution in [1.29, 1.82) is 0 Å². The second kappa shape index (κ2) is 4.89. The first-order valence-corrected chi connectivity index (χ1v) is 4.31. The zero-order valence-electron chi connectivity index (χ0n) is 7.72. The zero-order valence-corrected chi connectivity index (χ0v) is 7.72. The fraction of sp³-hybridized carbons (Fsp3) is 0.556. The summed E-state index contributed by atoms with van der Waals surface area (Å²) >= 11 is 0. The first-order valence-electron chi connectivity index (χ1n) is 4.31. The Hall–Kier alpha value is -1.00. The number of aliphatic hydroxyl groups is 2. The highest BCUT2D eigenvalue weighted by Gasteiger charge is 2.05. The predicted molar refractivity (Wildman–Crippen MR) is 46.8 cm³/mol. The average Bonchev–Trinajstić information content (AvgIpc) is 2.14. The van der Waals surface area contributed by atoms with Crippen LogP contribution in [-0.4, -0.2) is 27.9 Å². The summed E-state index contributed by atoms with van der Waals surface area (Å²) in [5, 5.41) is 17.7. The van der Waals surface area contributed by atoms with E-state index in [1.54, 1.807) is 6.20 Å². The molecule has 0 fully saturated rings. The van der Waals surface area contributed by atoms with E-state index in [0.717, 1.165) is 5.69 Å². The Balaban J connectivity index is 2.45. The van der Waals surface area contributed by atoms with Crippen molar-refractivity contribution >= 4 is 0 Å². The first kappa shape index (κ1) is 10.1. The van der Waals surface area contributed by atoms with E-state index in [4.69, 9.17) is 10.2 Å². The summed E-state index contributed by atoms with van der Waals surface area (Å²) in [6.07, 6.45) is 6.09. The van der Waals surface area contributed by atoms with Crippen molar-refractivity contribution in [2.75, 3.05) is 6.61 Å². The van der Waals surface area contributed by atoms with Gasteiger partial charge in [0.25, 0.3) is 0 Å². The van der Waals surface area contributed by atoms with E-state index >= 15 is 0 Å². The summed E-state index contributed by atoms with van der Waals surface area (Å²) in [5.74, 6) is 0. The molecule has 1 heterocycles. The topological polar surface area (TPSA) is 57.2 Å². The number of hydrogen-bond acceptors (Lipinski definition) is 3. The van der Waals surface area contributed by atoms with Crippen LogP contribution in [0.3, 0.4) is 0 Å². The molecule has 0 spiro atoms. The maximum Gasteiger partial charge on any atom is 0.190 e. The smallest absolute Gasteiger partial charge is 0.190 e. The van der Waals surface area contributed by atoms with Gasteiger partial charge in [-0.25, -0.2) is 9.55 Å². The summed E-state index contributed by atoms with van der Waals surface area (Å²) in [7, 11) is 1.92. The van der Waals surface area contributed by atoms with Crippen molar-refractivity contribution in [2.45, 2.75) is 18.9 Å². The van der Waals surface area contributed by atoms with Crippen molar-refractivity contribution in [2.24, 2.45) is 7.05 Å². The Morgan fingerprint density at radius 1 is 1.62 bits per heavy atom. The van der Waals surface area contributed by atoms with E-state index in [1.165, 1.54) is 0 Å². The molecule has 0 amide bonds. The molecule has 0 bridgehead atoms. The van der Waals surface area contributed by atoms with Gasteiger partial charge in [0.05, 0.1) is 18.9 Å². The van der Waals surface area contributed by atoms with E-state index in [1.807, 2.05) is 24.0 Å². The van der Waals surface area contributed by atoms with Gasteiger partial charge in [0, 0.05) is 0 Å². The second-order valence-corrected chi connectivity index (χ2v) is 3.09. The van der Waals surface area contributed by atoms with Gasteiger partial charge in [0.1, 0.15) is 12.7 Å². The average molecular weight is 183 g/mol. The van der Waals surface area contributed by atoms with Crippen molar-refractivity contribution < 1.29 is 14.8 Å². The largest absolute Gasteiger partial charge is 0.394 e. The quantitative estimate of drug-likeness (QED) is 0.600. The molecule has 1 aromatic heterocycles. The third-order valence-corrected chi connectivity index (χ3v) is 1.84. The molecule has 4 heteroatoms. The van der Waals surface area contributed by atoms with Gasteiger partial charge in [-0.15, -0.1) is 0 Å². The van der Waals surface area contributed by atoms with E-state index in [2.05, 4.69) is 4.98 Å². The summed E-state index contributed by atoms with van der Waals surface area (Å²) < 4.78 is 1.91. The molecule has 0 saturated heterocycles. The Labute approximate surface area is 77.5 Å². The third-order valence-electron chi connectivity index (χ3n) is 1.84. The third kappa shape index (κ3) is 3.48. The van der Waals surface area contributed by atoms with Gasteiger partial charge < -0.3 is 10.2 Å². The summed E-state index contributed by atoms with van der Waals surface area (Å²) in [4.78, 5) is 4.13. The van der Waals surface area contributed by atoms with Crippen LogP contribution in [0.25, 0.3) is 0 Å². The molecule has 0 aliphatic carbocycles. The molecule has 72 valence electrons. The molecule has 0 aliphatic rings. The van der Waals surface area contributed by atoms with E-state index < -0.39 is 6.10 Å². The predicted octanol–water partition coefficient (Wildman–Crippen LogP) is -0.808. The standard InChI is InChI=1S/C9H15N2O2/c1-11-5-4-10-8(6-11)2-3-9(13)7-12/h4-6,9,12-13H,2-3,7H2,1H3/q+1.